The van der Waals surface area contributed by atoms with Gasteiger partial charge in [-0.3, -0.25) is 0 Å². The van der Waals surface area contributed by atoms with Crippen LogP contribution in [0.4, 0.5) is 13.2 Å². The van der Waals surface area contributed by atoms with E-state index in [4.69, 9.17) is 11.6 Å². The van der Waals surface area contributed by atoms with E-state index in [2.05, 4.69) is 10.1 Å². The summed E-state index contributed by atoms with van der Waals surface area (Å²) in [4.78, 5) is 4.63. The van der Waals surface area contributed by atoms with Crippen molar-refractivity contribution in [2.75, 3.05) is 0 Å². The van der Waals surface area contributed by atoms with Gasteiger partial charge in [-0.25, -0.2) is 9.50 Å². The summed E-state index contributed by atoms with van der Waals surface area (Å²) in [5, 5.41) is 5.11. The average Bonchev–Trinajstić information content (AvgIpc) is 2.98. The largest absolute Gasteiger partial charge is 0.391 e. The highest BCUT2D eigenvalue weighted by molar-refractivity contribution is 6.30. The van der Waals surface area contributed by atoms with E-state index in [1.165, 1.54) is 0 Å². The number of hydrogen-bond acceptors (Lipinski definition) is 2. The zero-order valence-corrected chi connectivity index (χ0v) is 14.6. The molecule has 0 atom stereocenters. The molecule has 2 heterocycles. The molecule has 7 heteroatoms. The van der Waals surface area contributed by atoms with Crippen LogP contribution in [0.3, 0.4) is 0 Å². The Morgan fingerprint density at radius 2 is 1.83 bits per heavy atom. The van der Waals surface area contributed by atoms with E-state index in [0.717, 1.165) is 29.8 Å². The summed E-state index contributed by atoms with van der Waals surface area (Å²) in [6.07, 6.45) is -1.17. The second-order valence-corrected chi connectivity index (χ2v) is 6.82. The number of halogens is 4. The van der Waals surface area contributed by atoms with Crippen LogP contribution in [0.5, 0.6) is 0 Å². The van der Waals surface area contributed by atoms with Gasteiger partial charge < -0.3 is 0 Å². The molecule has 0 aliphatic heterocycles. The highest BCUT2D eigenvalue weighted by atomic mass is 35.5. The normalized spacial score (nSPS) is 22.2. The zero-order valence-electron chi connectivity index (χ0n) is 13.8. The maximum Gasteiger partial charge on any atom is 0.391 e. The topological polar surface area (TPSA) is 30.2 Å². The molecule has 1 saturated carbocycles. The van der Waals surface area contributed by atoms with Crippen LogP contribution in [-0.4, -0.2) is 20.8 Å². The van der Waals surface area contributed by atoms with Gasteiger partial charge in [0.2, 0.25) is 0 Å². The molecule has 0 spiro atoms. The van der Waals surface area contributed by atoms with Crippen molar-refractivity contribution >= 4 is 17.2 Å². The van der Waals surface area contributed by atoms with Crippen molar-refractivity contribution in [1.29, 1.82) is 0 Å². The third kappa shape index (κ3) is 3.13. The van der Waals surface area contributed by atoms with Crippen LogP contribution in [0, 0.1) is 5.92 Å². The summed E-state index contributed by atoms with van der Waals surface area (Å²) in [5.41, 5.74) is 3.44. The molecule has 1 fully saturated rings. The summed E-state index contributed by atoms with van der Waals surface area (Å²) >= 11 is 6.47. The Morgan fingerprint density at radius 1 is 1.17 bits per heavy atom. The third-order valence-electron chi connectivity index (χ3n) is 5.04. The van der Waals surface area contributed by atoms with Crippen LogP contribution in [0.1, 0.15) is 62.4 Å². The Bertz CT molecular complexity index is 731. The molecule has 0 bridgehead atoms. The summed E-state index contributed by atoms with van der Waals surface area (Å²) in [6, 6.07) is 1.88. The van der Waals surface area contributed by atoms with Gasteiger partial charge in [-0.05, 0) is 38.5 Å². The van der Waals surface area contributed by atoms with Gasteiger partial charge in [-0.15, -0.1) is 0 Å². The molecular formula is C17H21ClF3N3. The van der Waals surface area contributed by atoms with Gasteiger partial charge in [-0.1, -0.05) is 25.4 Å². The van der Waals surface area contributed by atoms with Crippen LogP contribution in [0.15, 0.2) is 6.07 Å². The van der Waals surface area contributed by atoms with Gasteiger partial charge >= 0.3 is 6.18 Å². The van der Waals surface area contributed by atoms with Crippen molar-refractivity contribution in [3.63, 3.8) is 0 Å². The monoisotopic (exact) mass is 359 g/mol. The molecule has 0 unspecified atom stereocenters. The minimum absolute atomic E-state index is 0.0523. The second kappa shape index (κ2) is 6.54. The number of rotatable bonds is 3. The lowest BCUT2D eigenvalue weighted by Gasteiger charge is -2.28. The van der Waals surface area contributed by atoms with Crippen molar-refractivity contribution < 1.29 is 13.2 Å². The van der Waals surface area contributed by atoms with Crippen LogP contribution < -0.4 is 0 Å². The van der Waals surface area contributed by atoms with E-state index in [1.54, 1.807) is 4.52 Å². The second-order valence-electron chi connectivity index (χ2n) is 6.46. The number of nitrogens with zero attached hydrogens (tertiary/aromatic N) is 3. The number of fused-ring (bicyclic) bond motifs is 1. The van der Waals surface area contributed by atoms with E-state index in [9.17, 15) is 13.2 Å². The molecule has 2 aromatic rings. The van der Waals surface area contributed by atoms with Crippen molar-refractivity contribution in [3.8, 4) is 0 Å². The lowest BCUT2D eigenvalue weighted by molar-refractivity contribution is -0.182. The third-order valence-corrected chi connectivity index (χ3v) is 5.43. The van der Waals surface area contributed by atoms with Gasteiger partial charge in [-0.2, -0.15) is 18.3 Å². The first-order valence-corrected chi connectivity index (χ1v) is 8.86. The molecule has 0 saturated heterocycles. The standard InChI is InChI=1S/C17H21ClF3N3/c1-3-12-13(4-2)22-15-9-14(23-24(15)16(12)18)10-5-7-11(8-6-10)17(19,20)21/h9-11H,3-8H2,1-2H3. The molecule has 0 amide bonds. The molecule has 3 nitrogen and oxygen atoms in total. The number of alkyl halides is 3. The fraction of sp³-hybridized carbons (Fsp3) is 0.647. The first-order chi connectivity index (χ1) is 11.3. The average molecular weight is 360 g/mol. The van der Waals surface area contributed by atoms with Crippen molar-refractivity contribution in [2.24, 2.45) is 5.92 Å². The maximum absolute atomic E-state index is 12.8. The first kappa shape index (κ1) is 17.5. The number of aryl methyl sites for hydroxylation is 1. The number of aromatic nitrogens is 3. The summed E-state index contributed by atoms with van der Waals surface area (Å²) in [6.45, 7) is 4.06. The maximum atomic E-state index is 12.8. The summed E-state index contributed by atoms with van der Waals surface area (Å²) < 4.78 is 40.1. The first-order valence-electron chi connectivity index (χ1n) is 8.48. The van der Waals surface area contributed by atoms with Gasteiger partial charge in [0, 0.05) is 23.2 Å². The summed E-state index contributed by atoms with van der Waals surface area (Å²) in [5.74, 6) is -1.12. The van der Waals surface area contributed by atoms with Crippen molar-refractivity contribution in [2.45, 2.75) is 64.5 Å². The van der Waals surface area contributed by atoms with Crippen molar-refractivity contribution in [3.05, 3.63) is 28.2 Å². The van der Waals surface area contributed by atoms with Gasteiger partial charge in [0.15, 0.2) is 5.65 Å². The Labute approximate surface area is 144 Å². The van der Waals surface area contributed by atoms with E-state index in [-0.39, 0.29) is 18.8 Å². The molecule has 0 aromatic carbocycles. The Balaban J connectivity index is 1.88. The van der Waals surface area contributed by atoms with Crippen LogP contribution in [0.2, 0.25) is 5.15 Å². The Morgan fingerprint density at radius 3 is 2.38 bits per heavy atom. The number of hydrogen-bond donors (Lipinski definition) is 0. The van der Waals surface area contributed by atoms with Gasteiger partial charge in [0.1, 0.15) is 5.15 Å². The zero-order chi connectivity index (χ0) is 17.5. The smallest absolute Gasteiger partial charge is 0.233 e. The van der Waals surface area contributed by atoms with E-state index < -0.39 is 12.1 Å². The quantitative estimate of drug-likeness (QED) is 0.692. The molecule has 24 heavy (non-hydrogen) atoms. The predicted molar refractivity (Wildman–Crippen MR) is 87.5 cm³/mol. The lowest BCUT2D eigenvalue weighted by atomic mass is 9.80. The van der Waals surface area contributed by atoms with E-state index in [1.807, 2.05) is 19.9 Å². The molecule has 0 radical (unpaired) electrons. The van der Waals surface area contributed by atoms with E-state index in [0.29, 0.717) is 23.6 Å². The van der Waals surface area contributed by atoms with E-state index >= 15 is 0 Å². The highest BCUT2D eigenvalue weighted by Crippen LogP contribution is 2.42. The minimum Gasteiger partial charge on any atom is -0.233 e. The highest BCUT2D eigenvalue weighted by Gasteiger charge is 2.41. The molecule has 1 aliphatic rings. The van der Waals surface area contributed by atoms with Gasteiger partial charge in [0.05, 0.1) is 11.6 Å². The van der Waals surface area contributed by atoms with Crippen molar-refractivity contribution in [1.82, 2.24) is 14.6 Å². The molecule has 132 valence electrons. The Kier molecular flexibility index (Phi) is 4.78. The molecular weight excluding hydrogens is 339 g/mol. The van der Waals surface area contributed by atoms with Crippen LogP contribution >= 0.6 is 11.6 Å². The molecule has 2 aromatic heterocycles. The lowest BCUT2D eigenvalue weighted by Crippen LogP contribution is -2.27. The Hall–Kier alpha value is -1.30. The van der Waals surface area contributed by atoms with Gasteiger partial charge in [0.25, 0.3) is 0 Å². The summed E-state index contributed by atoms with van der Waals surface area (Å²) in [7, 11) is 0. The predicted octanol–water partition coefficient (Wildman–Crippen LogP) is 5.34. The molecule has 0 N–H and O–H groups in total. The molecule has 1 aliphatic carbocycles. The minimum atomic E-state index is -4.08. The fourth-order valence-electron chi connectivity index (χ4n) is 3.62. The van der Waals surface area contributed by atoms with Crippen LogP contribution in [0.25, 0.3) is 5.65 Å². The van der Waals surface area contributed by atoms with Crippen LogP contribution in [-0.2, 0) is 12.8 Å². The SMILES string of the molecule is CCc1nc2cc(C3CCC(C(F)(F)F)CC3)nn2c(Cl)c1CC. The fourth-order valence-corrected chi connectivity index (χ4v) is 3.99. The molecule has 3 rings (SSSR count).